The van der Waals surface area contributed by atoms with Crippen LogP contribution < -0.4 is 16.0 Å². The van der Waals surface area contributed by atoms with Gasteiger partial charge in [0.05, 0.1) is 17.2 Å². The van der Waals surface area contributed by atoms with Crippen molar-refractivity contribution in [2.75, 3.05) is 5.32 Å². The van der Waals surface area contributed by atoms with Gasteiger partial charge in [-0.15, -0.1) is 11.3 Å². The largest absolute Gasteiger partial charge is 0.488 e. The van der Waals surface area contributed by atoms with Crippen LogP contribution in [0, 0.1) is 12.7 Å². The molecule has 30 heavy (non-hydrogen) atoms. The standard InChI is InChI=1S/C20H21FN4O4S/c1-10-16-18(23-9-24-19(16)30-17(10)20(27)29-22)25-14-6-5-11(21)7-15(14)28-13-4-2-3-12(26)8-13/h5-7,9,12-13,26H,2-4,8,22H2,1H3,(H,23,24,25). The lowest BCUT2D eigenvalue weighted by atomic mass is 9.95. The lowest BCUT2D eigenvalue weighted by Gasteiger charge is -2.27. The highest BCUT2D eigenvalue weighted by molar-refractivity contribution is 7.20. The number of benzene rings is 1. The third kappa shape index (κ3) is 4.07. The molecule has 0 radical (unpaired) electrons. The van der Waals surface area contributed by atoms with E-state index in [4.69, 9.17) is 10.6 Å². The molecule has 2 unspecified atom stereocenters. The van der Waals surface area contributed by atoms with Crippen LogP contribution in [-0.2, 0) is 4.84 Å². The molecule has 3 aromatic rings. The van der Waals surface area contributed by atoms with Gasteiger partial charge in [-0.25, -0.2) is 19.2 Å². The minimum absolute atomic E-state index is 0.199. The first kappa shape index (κ1) is 20.5. The Balaban J connectivity index is 1.68. The maximum Gasteiger partial charge on any atom is 0.367 e. The first-order chi connectivity index (χ1) is 14.5. The number of aryl methyl sites for hydroxylation is 1. The van der Waals surface area contributed by atoms with Crippen LogP contribution in [0.5, 0.6) is 5.75 Å². The van der Waals surface area contributed by atoms with Gasteiger partial charge in [0.25, 0.3) is 0 Å². The molecule has 4 N–H and O–H groups in total. The number of anilines is 2. The van der Waals surface area contributed by atoms with Crippen molar-refractivity contribution in [1.82, 2.24) is 9.97 Å². The summed E-state index contributed by atoms with van der Waals surface area (Å²) in [6.45, 7) is 1.76. The van der Waals surface area contributed by atoms with Gasteiger partial charge in [-0.1, -0.05) is 0 Å². The van der Waals surface area contributed by atoms with Crippen molar-refractivity contribution in [2.24, 2.45) is 5.90 Å². The molecule has 1 saturated carbocycles. The number of thiophene rings is 1. The fraction of sp³-hybridized carbons (Fsp3) is 0.350. The summed E-state index contributed by atoms with van der Waals surface area (Å²) >= 11 is 1.15. The summed E-state index contributed by atoms with van der Waals surface area (Å²) in [6.07, 6.45) is 3.66. The molecule has 0 amide bonds. The fourth-order valence-electron chi connectivity index (χ4n) is 3.65. The molecule has 1 fully saturated rings. The number of nitrogens with one attached hydrogen (secondary N) is 1. The molecule has 8 nitrogen and oxygen atoms in total. The highest BCUT2D eigenvalue weighted by atomic mass is 32.1. The zero-order chi connectivity index (χ0) is 21.3. The first-order valence-electron chi connectivity index (χ1n) is 9.52. The molecule has 2 atom stereocenters. The van der Waals surface area contributed by atoms with E-state index in [1.54, 1.807) is 13.0 Å². The highest BCUT2D eigenvalue weighted by Crippen LogP contribution is 2.37. The summed E-state index contributed by atoms with van der Waals surface area (Å²) in [6, 6.07) is 4.19. The van der Waals surface area contributed by atoms with E-state index < -0.39 is 17.9 Å². The summed E-state index contributed by atoms with van der Waals surface area (Å²) in [5, 5.41) is 13.7. The minimum Gasteiger partial charge on any atom is -0.488 e. The van der Waals surface area contributed by atoms with Crippen LogP contribution in [0.15, 0.2) is 24.5 Å². The molecule has 2 heterocycles. The molecule has 0 bridgehead atoms. The second kappa shape index (κ2) is 8.50. The molecular formula is C20H21FN4O4S. The molecule has 1 aliphatic rings. The van der Waals surface area contributed by atoms with E-state index in [0.29, 0.717) is 44.3 Å². The normalized spacial score (nSPS) is 18.9. The van der Waals surface area contributed by atoms with E-state index in [1.807, 2.05) is 0 Å². The van der Waals surface area contributed by atoms with E-state index in [0.717, 1.165) is 30.6 Å². The Bertz CT molecular complexity index is 1090. The van der Waals surface area contributed by atoms with Gasteiger partial charge in [0.2, 0.25) is 0 Å². The van der Waals surface area contributed by atoms with Crippen molar-refractivity contribution >= 4 is 39.0 Å². The number of aromatic nitrogens is 2. The number of ether oxygens (including phenoxy) is 1. The Kier molecular flexibility index (Phi) is 5.80. The molecule has 4 rings (SSSR count). The SMILES string of the molecule is Cc1c(C(=O)ON)sc2ncnc(Nc3ccc(F)cc3OC3CCCC(O)C3)c12. The van der Waals surface area contributed by atoms with Gasteiger partial charge >= 0.3 is 5.97 Å². The Hall–Kier alpha value is -2.82. The number of carbonyl (C=O) groups is 1. The summed E-state index contributed by atoms with van der Waals surface area (Å²) in [4.78, 5) is 25.7. The number of hydrogen-bond acceptors (Lipinski definition) is 9. The van der Waals surface area contributed by atoms with Gasteiger partial charge in [-0.3, -0.25) is 0 Å². The Labute approximate surface area is 175 Å². The number of carbonyl (C=O) groups excluding carboxylic acids is 1. The predicted octanol–water partition coefficient (Wildman–Crippen LogP) is 3.60. The van der Waals surface area contributed by atoms with E-state index in [1.165, 1.54) is 18.5 Å². The van der Waals surface area contributed by atoms with Gasteiger partial charge in [0.15, 0.2) is 0 Å². The average molecular weight is 432 g/mol. The minimum atomic E-state index is -0.650. The van der Waals surface area contributed by atoms with Crippen molar-refractivity contribution in [3.8, 4) is 5.75 Å². The number of hydrogen-bond donors (Lipinski definition) is 3. The maximum absolute atomic E-state index is 13.9. The van der Waals surface area contributed by atoms with E-state index in [2.05, 4.69) is 20.1 Å². The molecule has 0 spiro atoms. The Morgan fingerprint density at radius 2 is 2.20 bits per heavy atom. The smallest absolute Gasteiger partial charge is 0.367 e. The van der Waals surface area contributed by atoms with Gasteiger partial charge in [0, 0.05) is 12.5 Å². The molecular weight excluding hydrogens is 411 g/mol. The second-order valence-electron chi connectivity index (χ2n) is 7.19. The molecule has 0 aliphatic heterocycles. The quantitative estimate of drug-likeness (QED) is 0.523. The van der Waals surface area contributed by atoms with Crippen molar-refractivity contribution in [3.63, 3.8) is 0 Å². The van der Waals surface area contributed by atoms with Crippen LogP contribution in [0.3, 0.4) is 0 Å². The van der Waals surface area contributed by atoms with Crippen LogP contribution in [0.1, 0.15) is 40.9 Å². The lowest BCUT2D eigenvalue weighted by molar-refractivity contribution is 0.0507. The van der Waals surface area contributed by atoms with Gasteiger partial charge in [0.1, 0.15) is 39.5 Å². The van der Waals surface area contributed by atoms with E-state index in [-0.39, 0.29) is 6.10 Å². The second-order valence-corrected chi connectivity index (χ2v) is 8.19. The summed E-state index contributed by atoms with van der Waals surface area (Å²) < 4.78 is 19.9. The maximum atomic E-state index is 13.9. The third-order valence-electron chi connectivity index (χ3n) is 5.11. The third-order valence-corrected chi connectivity index (χ3v) is 6.29. The molecule has 1 aliphatic carbocycles. The molecule has 2 aromatic heterocycles. The van der Waals surface area contributed by atoms with Crippen LogP contribution in [0.4, 0.5) is 15.9 Å². The first-order valence-corrected chi connectivity index (χ1v) is 10.3. The zero-order valence-electron chi connectivity index (χ0n) is 16.2. The van der Waals surface area contributed by atoms with Crippen LogP contribution in [-0.4, -0.2) is 33.3 Å². The summed E-state index contributed by atoms with van der Waals surface area (Å²) in [5.41, 5.74) is 1.15. The lowest BCUT2D eigenvalue weighted by Crippen LogP contribution is -2.28. The number of fused-ring (bicyclic) bond motifs is 1. The van der Waals surface area contributed by atoms with Crippen LogP contribution >= 0.6 is 11.3 Å². The van der Waals surface area contributed by atoms with Crippen LogP contribution in [0.2, 0.25) is 0 Å². The number of halogens is 1. The zero-order valence-corrected chi connectivity index (χ0v) is 17.0. The summed E-state index contributed by atoms with van der Waals surface area (Å²) in [5.74, 6) is 4.72. The van der Waals surface area contributed by atoms with Crippen LogP contribution in [0.25, 0.3) is 10.2 Å². The van der Waals surface area contributed by atoms with Crippen molar-refractivity contribution in [2.45, 2.75) is 44.8 Å². The number of nitrogens with two attached hydrogens (primary N) is 1. The number of rotatable bonds is 5. The monoisotopic (exact) mass is 432 g/mol. The molecule has 158 valence electrons. The van der Waals surface area contributed by atoms with Gasteiger partial charge < -0.3 is 20.0 Å². The van der Waals surface area contributed by atoms with E-state index in [9.17, 15) is 14.3 Å². The Morgan fingerprint density at radius 1 is 1.37 bits per heavy atom. The number of aliphatic hydroxyl groups is 1. The van der Waals surface area contributed by atoms with Gasteiger partial charge in [-0.2, -0.15) is 5.90 Å². The summed E-state index contributed by atoms with van der Waals surface area (Å²) in [7, 11) is 0. The molecule has 10 heteroatoms. The Morgan fingerprint density at radius 3 is 2.97 bits per heavy atom. The van der Waals surface area contributed by atoms with Crippen molar-refractivity contribution < 1.29 is 23.9 Å². The number of nitrogens with zero attached hydrogens (tertiary/aromatic N) is 2. The van der Waals surface area contributed by atoms with Gasteiger partial charge in [-0.05, 0) is 43.9 Å². The average Bonchev–Trinajstić information content (AvgIpc) is 3.07. The number of aliphatic hydroxyl groups excluding tert-OH is 1. The fourth-order valence-corrected chi connectivity index (χ4v) is 4.68. The molecule has 0 saturated heterocycles. The topological polar surface area (TPSA) is 120 Å². The molecule has 1 aromatic carbocycles. The predicted molar refractivity (Wildman–Crippen MR) is 110 cm³/mol. The van der Waals surface area contributed by atoms with E-state index >= 15 is 0 Å². The highest BCUT2D eigenvalue weighted by Gasteiger charge is 2.24. The van der Waals surface area contributed by atoms with Crippen molar-refractivity contribution in [3.05, 3.63) is 40.8 Å². The van der Waals surface area contributed by atoms with Crippen molar-refractivity contribution in [1.29, 1.82) is 0 Å².